The molecule has 4 heteroatoms. The summed E-state index contributed by atoms with van der Waals surface area (Å²) in [5, 5.41) is 6.54. The van der Waals surface area contributed by atoms with Gasteiger partial charge in [0.25, 0.3) is 0 Å². The molecule has 0 saturated carbocycles. The fourth-order valence-electron chi connectivity index (χ4n) is 1.25. The second-order valence-corrected chi connectivity index (χ2v) is 3.16. The lowest BCUT2D eigenvalue weighted by molar-refractivity contribution is 0.862. The van der Waals surface area contributed by atoms with Crippen molar-refractivity contribution in [1.82, 2.24) is 0 Å². The van der Waals surface area contributed by atoms with E-state index in [2.05, 4.69) is 27.2 Å². The Hall–Kier alpha value is -2.11. The van der Waals surface area contributed by atoms with Crippen molar-refractivity contribution in [2.45, 2.75) is 12.8 Å². The van der Waals surface area contributed by atoms with Gasteiger partial charge in [-0.15, -0.1) is 0 Å². The van der Waals surface area contributed by atoms with E-state index in [-0.39, 0.29) is 0 Å². The van der Waals surface area contributed by atoms with E-state index in [9.17, 15) is 0 Å². The molecule has 16 heavy (non-hydrogen) atoms. The molecule has 82 valence electrons. The Balaban J connectivity index is 2.52. The van der Waals surface area contributed by atoms with Crippen molar-refractivity contribution in [1.29, 1.82) is 0 Å². The number of hydrogen-bond donors (Lipinski definition) is 1. The number of nitrogens with one attached hydrogen (secondary N) is 1. The molecule has 0 saturated heterocycles. The van der Waals surface area contributed by atoms with Gasteiger partial charge in [0.1, 0.15) is 0 Å². The molecular weight excluding hydrogens is 200 g/mol. The number of azide groups is 1. The van der Waals surface area contributed by atoms with E-state index in [1.165, 1.54) is 0 Å². The van der Waals surface area contributed by atoms with Crippen LogP contribution in [0.1, 0.15) is 18.4 Å². The Morgan fingerprint density at radius 2 is 2.25 bits per heavy atom. The van der Waals surface area contributed by atoms with Gasteiger partial charge >= 0.3 is 0 Å². The molecule has 0 spiro atoms. The molecule has 0 amide bonds. The topological polar surface area (TPSA) is 60.8 Å². The van der Waals surface area contributed by atoms with Gasteiger partial charge in [-0.05, 0) is 24.1 Å². The minimum Gasteiger partial charge on any atom is -0.387 e. The first-order valence-corrected chi connectivity index (χ1v) is 5.15. The third kappa shape index (κ3) is 3.95. The lowest BCUT2D eigenvalue weighted by Gasteiger charge is -2.01. The first-order valence-electron chi connectivity index (χ1n) is 5.15. The molecule has 0 aromatic heterocycles. The van der Waals surface area contributed by atoms with Crippen molar-refractivity contribution in [2.24, 2.45) is 5.11 Å². The minimum atomic E-state index is 0.513. The largest absolute Gasteiger partial charge is 0.387 e. The standard InChI is InChI=1S/C12H14N4/c1-14-12-9-5-4-8-11(12)7-3-2-6-10-15-16-13/h4-5,8-9,14H,2,6,10H2,1H3. The molecule has 1 N–H and O–H groups in total. The van der Waals surface area contributed by atoms with E-state index in [4.69, 9.17) is 5.53 Å². The van der Waals surface area contributed by atoms with Crippen molar-refractivity contribution in [3.05, 3.63) is 40.3 Å². The Labute approximate surface area is 95.3 Å². The number of rotatable bonds is 4. The van der Waals surface area contributed by atoms with E-state index >= 15 is 0 Å². The van der Waals surface area contributed by atoms with Crippen LogP contribution < -0.4 is 5.32 Å². The van der Waals surface area contributed by atoms with Crippen molar-refractivity contribution in [2.75, 3.05) is 18.9 Å². The Morgan fingerprint density at radius 3 is 3.00 bits per heavy atom. The van der Waals surface area contributed by atoms with Crippen LogP contribution in [0.25, 0.3) is 10.4 Å². The first kappa shape index (κ1) is 12.0. The second kappa shape index (κ2) is 7.22. The van der Waals surface area contributed by atoms with Crippen LogP contribution in [0.4, 0.5) is 5.69 Å². The van der Waals surface area contributed by atoms with Crippen LogP contribution in [0.2, 0.25) is 0 Å². The zero-order valence-electron chi connectivity index (χ0n) is 9.27. The highest BCUT2D eigenvalue weighted by Gasteiger charge is 1.93. The van der Waals surface area contributed by atoms with Gasteiger partial charge in [-0.3, -0.25) is 0 Å². The number of hydrogen-bond acceptors (Lipinski definition) is 2. The summed E-state index contributed by atoms with van der Waals surface area (Å²) in [4.78, 5) is 2.69. The summed E-state index contributed by atoms with van der Waals surface area (Å²) in [6, 6.07) is 7.90. The van der Waals surface area contributed by atoms with Gasteiger partial charge in [0.15, 0.2) is 0 Å². The molecule has 1 rings (SSSR count). The van der Waals surface area contributed by atoms with Gasteiger partial charge in [-0.2, -0.15) is 0 Å². The maximum atomic E-state index is 8.08. The minimum absolute atomic E-state index is 0.513. The summed E-state index contributed by atoms with van der Waals surface area (Å²) in [7, 11) is 1.88. The number of nitrogens with zero attached hydrogens (tertiary/aromatic N) is 3. The molecule has 0 aliphatic carbocycles. The van der Waals surface area contributed by atoms with Crippen LogP contribution in [0.3, 0.4) is 0 Å². The molecule has 1 aromatic carbocycles. The predicted molar refractivity (Wildman–Crippen MR) is 66.1 cm³/mol. The number of anilines is 1. The van der Waals surface area contributed by atoms with Crippen LogP contribution in [0, 0.1) is 11.8 Å². The van der Waals surface area contributed by atoms with E-state index in [1.54, 1.807) is 0 Å². The van der Waals surface area contributed by atoms with Gasteiger partial charge in [0, 0.05) is 36.2 Å². The Bertz CT molecular complexity index is 436. The SMILES string of the molecule is CNc1ccccc1C#CCCCN=[N+]=[N-]. The Kier molecular flexibility index (Phi) is 5.40. The maximum absolute atomic E-state index is 8.08. The lowest BCUT2D eigenvalue weighted by Crippen LogP contribution is -1.90. The fraction of sp³-hybridized carbons (Fsp3) is 0.333. The van der Waals surface area contributed by atoms with Crippen LogP contribution in [0.15, 0.2) is 29.4 Å². The zero-order chi connectivity index (χ0) is 11.6. The number of benzene rings is 1. The molecule has 0 atom stereocenters. The van der Waals surface area contributed by atoms with Crippen LogP contribution in [-0.4, -0.2) is 13.6 Å². The molecule has 0 fully saturated rings. The van der Waals surface area contributed by atoms with E-state index < -0.39 is 0 Å². The third-order valence-electron chi connectivity index (χ3n) is 2.04. The van der Waals surface area contributed by atoms with Crippen LogP contribution in [0.5, 0.6) is 0 Å². The van der Waals surface area contributed by atoms with Crippen LogP contribution in [-0.2, 0) is 0 Å². The average molecular weight is 214 g/mol. The first-order chi connectivity index (χ1) is 7.88. The monoisotopic (exact) mass is 214 g/mol. The quantitative estimate of drug-likeness (QED) is 0.270. The highest BCUT2D eigenvalue weighted by Crippen LogP contribution is 2.12. The van der Waals surface area contributed by atoms with Crippen LogP contribution >= 0.6 is 0 Å². The molecule has 4 nitrogen and oxygen atoms in total. The number of unbranched alkanes of at least 4 members (excludes halogenated alkanes) is 1. The molecule has 0 unspecified atom stereocenters. The third-order valence-corrected chi connectivity index (χ3v) is 2.04. The average Bonchev–Trinajstić information content (AvgIpc) is 2.34. The van der Waals surface area contributed by atoms with E-state index in [1.807, 2.05) is 31.3 Å². The van der Waals surface area contributed by atoms with Gasteiger partial charge in [-0.1, -0.05) is 29.1 Å². The molecule has 0 heterocycles. The second-order valence-electron chi connectivity index (χ2n) is 3.16. The summed E-state index contributed by atoms with van der Waals surface area (Å²) in [6.45, 7) is 0.513. The Morgan fingerprint density at radius 1 is 1.44 bits per heavy atom. The van der Waals surface area contributed by atoms with Crippen molar-refractivity contribution < 1.29 is 0 Å². The highest BCUT2D eigenvalue weighted by atomic mass is 15.1. The van der Waals surface area contributed by atoms with E-state index in [0.29, 0.717) is 6.54 Å². The molecule has 0 bridgehead atoms. The van der Waals surface area contributed by atoms with Crippen molar-refractivity contribution in [3.8, 4) is 11.8 Å². The molecular formula is C12H14N4. The smallest absolute Gasteiger partial charge is 0.0496 e. The van der Waals surface area contributed by atoms with Gasteiger partial charge in [0.2, 0.25) is 0 Å². The lowest BCUT2D eigenvalue weighted by atomic mass is 10.1. The normalized spacial score (nSPS) is 8.56. The van der Waals surface area contributed by atoms with Gasteiger partial charge in [0.05, 0.1) is 0 Å². The highest BCUT2D eigenvalue weighted by molar-refractivity contribution is 5.58. The van der Waals surface area contributed by atoms with Crippen molar-refractivity contribution >= 4 is 5.69 Å². The summed E-state index contributed by atoms with van der Waals surface area (Å²) < 4.78 is 0. The summed E-state index contributed by atoms with van der Waals surface area (Å²) in [5.74, 6) is 6.16. The number of para-hydroxylation sites is 1. The van der Waals surface area contributed by atoms with Gasteiger partial charge < -0.3 is 5.32 Å². The fourth-order valence-corrected chi connectivity index (χ4v) is 1.25. The molecule has 0 aliphatic heterocycles. The van der Waals surface area contributed by atoms with Gasteiger partial charge in [-0.25, -0.2) is 0 Å². The maximum Gasteiger partial charge on any atom is 0.0496 e. The summed E-state index contributed by atoms with van der Waals surface area (Å²) in [6.07, 6.45) is 1.55. The summed E-state index contributed by atoms with van der Waals surface area (Å²) in [5.41, 5.74) is 10.1. The van der Waals surface area contributed by atoms with Crippen molar-refractivity contribution in [3.63, 3.8) is 0 Å². The summed E-state index contributed by atoms with van der Waals surface area (Å²) >= 11 is 0. The molecule has 0 radical (unpaired) electrons. The van der Waals surface area contributed by atoms with E-state index in [0.717, 1.165) is 24.1 Å². The zero-order valence-corrected chi connectivity index (χ0v) is 9.27. The molecule has 0 aliphatic rings. The predicted octanol–water partition coefficient (Wildman–Crippen LogP) is 3.17. The molecule has 1 aromatic rings.